The fourth-order valence-corrected chi connectivity index (χ4v) is 1.54. The number of halogens is 2. The largest absolute Gasteiger partial charge is 0.325 e. The molecule has 2 N–H and O–H groups in total. The molecule has 2 aromatic rings. The molecule has 88 valence electrons. The lowest BCUT2D eigenvalue weighted by atomic mass is 10.1. The molecule has 0 spiro atoms. The van der Waals surface area contributed by atoms with Gasteiger partial charge in [-0.1, -0.05) is 0 Å². The van der Waals surface area contributed by atoms with Gasteiger partial charge in [-0.25, -0.2) is 18.7 Å². The molecule has 1 heterocycles. The number of aromatic nitrogens is 2. The van der Waals surface area contributed by atoms with Gasteiger partial charge in [0.15, 0.2) is 11.6 Å². The number of rotatable bonds is 2. The molecule has 0 fully saturated rings. The molecule has 0 aliphatic heterocycles. The van der Waals surface area contributed by atoms with Crippen molar-refractivity contribution in [3.8, 4) is 11.3 Å². The van der Waals surface area contributed by atoms with Gasteiger partial charge in [-0.3, -0.25) is 0 Å². The quantitative estimate of drug-likeness (QED) is 0.868. The van der Waals surface area contributed by atoms with Gasteiger partial charge in [0.25, 0.3) is 0 Å². The molecule has 0 unspecified atom stereocenters. The minimum Gasteiger partial charge on any atom is -0.325 e. The first-order valence-corrected chi connectivity index (χ1v) is 5.10. The second-order valence-corrected chi connectivity index (χ2v) is 3.62. The molecule has 0 atom stereocenters. The van der Waals surface area contributed by atoms with Crippen LogP contribution in [0.25, 0.3) is 11.3 Å². The fraction of sp³-hybridized carbons (Fsp3) is 0.167. The van der Waals surface area contributed by atoms with Gasteiger partial charge in [-0.2, -0.15) is 0 Å². The molecule has 0 aliphatic rings. The van der Waals surface area contributed by atoms with E-state index in [0.29, 0.717) is 22.8 Å². The summed E-state index contributed by atoms with van der Waals surface area (Å²) in [7, 11) is 0. The third kappa shape index (κ3) is 2.45. The third-order valence-electron chi connectivity index (χ3n) is 2.32. The number of nitrogens with zero attached hydrogens (tertiary/aromatic N) is 2. The van der Waals surface area contributed by atoms with Gasteiger partial charge >= 0.3 is 0 Å². The predicted octanol–water partition coefficient (Wildman–Crippen LogP) is 2.19. The van der Waals surface area contributed by atoms with Crippen LogP contribution in [-0.4, -0.2) is 9.97 Å². The van der Waals surface area contributed by atoms with E-state index >= 15 is 0 Å². The maximum absolute atomic E-state index is 13.1. The van der Waals surface area contributed by atoms with Gasteiger partial charge in [0.1, 0.15) is 5.82 Å². The summed E-state index contributed by atoms with van der Waals surface area (Å²) >= 11 is 0. The Morgan fingerprint density at radius 1 is 1.12 bits per heavy atom. The second-order valence-electron chi connectivity index (χ2n) is 3.62. The molecule has 0 saturated carbocycles. The normalized spacial score (nSPS) is 10.6. The average Bonchev–Trinajstić information content (AvgIpc) is 2.32. The van der Waals surface area contributed by atoms with E-state index in [-0.39, 0.29) is 6.54 Å². The van der Waals surface area contributed by atoms with Crippen LogP contribution < -0.4 is 5.73 Å². The van der Waals surface area contributed by atoms with Crippen molar-refractivity contribution in [2.24, 2.45) is 5.73 Å². The van der Waals surface area contributed by atoms with Crippen LogP contribution in [0.4, 0.5) is 8.78 Å². The first-order valence-electron chi connectivity index (χ1n) is 5.10. The van der Waals surface area contributed by atoms with Crippen LogP contribution in [0, 0.1) is 18.6 Å². The second kappa shape index (κ2) is 4.55. The lowest BCUT2D eigenvalue weighted by Gasteiger charge is -2.05. The highest BCUT2D eigenvalue weighted by molar-refractivity contribution is 5.59. The summed E-state index contributed by atoms with van der Waals surface area (Å²) in [6, 6.07) is 5.32. The van der Waals surface area contributed by atoms with E-state index in [1.54, 1.807) is 13.0 Å². The van der Waals surface area contributed by atoms with Crippen molar-refractivity contribution in [1.82, 2.24) is 9.97 Å². The maximum atomic E-state index is 13.1. The van der Waals surface area contributed by atoms with Gasteiger partial charge < -0.3 is 5.73 Å². The highest BCUT2D eigenvalue weighted by Gasteiger charge is 2.07. The lowest BCUT2D eigenvalue weighted by molar-refractivity contribution is 0.509. The topological polar surface area (TPSA) is 51.8 Å². The van der Waals surface area contributed by atoms with Crippen LogP contribution in [0.15, 0.2) is 24.3 Å². The standard InChI is InChI=1S/C12H11F2N3/c1-7-16-9(6-15)5-12(17-7)8-2-3-10(13)11(14)4-8/h2-5H,6,15H2,1H3. The highest BCUT2D eigenvalue weighted by atomic mass is 19.2. The molecule has 5 heteroatoms. The van der Waals surface area contributed by atoms with Crippen molar-refractivity contribution >= 4 is 0 Å². The fourth-order valence-electron chi connectivity index (χ4n) is 1.54. The van der Waals surface area contributed by atoms with Crippen LogP contribution in [0.5, 0.6) is 0 Å². The highest BCUT2D eigenvalue weighted by Crippen LogP contribution is 2.20. The summed E-state index contributed by atoms with van der Waals surface area (Å²) < 4.78 is 25.9. The Morgan fingerprint density at radius 2 is 1.88 bits per heavy atom. The van der Waals surface area contributed by atoms with Gasteiger partial charge in [0.05, 0.1) is 11.4 Å². The number of aryl methyl sites for hydroxylation is 1. The summed E-state index contributed by atoms with van der Waals surface area (Å²) in [4.78, 5) is 8.28. The Morgan fingerprint density at radius 3 is 2.53 bits per heavy atom. The van der Waals surface area contributed by atoms with Crippen LogP contribution in [-0.2, 0) is 6.54 Å². The molecule has 1 aromatic carbocycles. The Bertz CT molecular complexity index is 555. The molecular formula is C12H11F2N3. The SMILES string of the molecule is Cc1nc(CN)cc(-c2ccc(F)c(F)c2)n1. The summed E-state index contributed by atoms with van der Waals surface area (Å²) in [5.41, 5.74) is 7.20. The van der Waals surface area contributed by atoms with Crippen molar-refractivity contribution in [3.05, 3.63) is 47.4 Å². The Hall–Kier alpha value is -1.88. The van der Waals surface area contributed by atoms with Gasteiger partial charge in [-0.15, -0.1) is 0 Å². The van der Waals surface area contributed by atoms with E-state index in [2.05, 4.69) is 9.97 Å². The van der Waals surface area contributed by atoms with Crippen LogP contribution in [0.1, 0.15) is 11.5 Å². The molecule has 0 amide bonds. The van der Waals surface area contributed by atoms with Crippen molar-refractivity contribution in [3.63, 3.8) is 0 Å². The molecular weight excluding hydrogens is 224 g/mol. The molecule has 0 bridgehead atoms. The number of nitrogens with two attached hydrogens (primary N) is 1. The lowest BCUT2D eigenvalue weighted by Crippen LogP contribution is -2.03. The van der Waals surface area contributed by atoms with Crippen LogP contribution in [0.2, 0.25) is 0 Å². The summed E-state index contributed by atoms with van der Waals surface area (Å²) in [6.45, 7) is 2.00. The van der Waals surface area contributed by atoms with Crippen molar-refractivity contribution in [2.75, 3.05) is 0 Å². The first kappa shape index (κ1) is 11.6. The van der Waals surface area contributed by atoms with Gasteiger partial charge in [-0.05, 0) is 31.2 Å². The first-order chi connectivity index (χ1) is 8.10. The minimum absolute atomic E-state index is 0.278. The van der Waals surface area contributed by atoms with Crippen LogP contribution >= 0.6 is 0 Å². The number of benzene rings is 1. The van der Waals surface area contributed by atoms with Crippen molar-refractivity contribution in [2.45, 2.75) is 13.5 Å². The zero-order valence-corrected chi connectivity index (χ0v) is 9.24. The summed E-state index contributed by atoms with van der Waals surface area (Å²) in [6.07, 6.45) is 0. The molecule has 3 nitrogen and oxygen atoms in total. The van der Waals surface area contributed by atoms with E-state index in [0.717, 1.165) is 12.1 Å². The monoisotopic (exact) mass is 235 g/mol. The van der Waals surface area contributed by atoms with E-state index in [9.17, 15) is 8.78 Å². The smallest absolute Gasteiger partial charge is 0.159 e. The number of hydrogen-bond acceptors (Lipinski definition) is 3. The van der Waals surface area contributed by atoms with E-state index in [4.69, 9.17) is 5.73 Å². The van der Waals surface area contributed by atoms with Gasteiger partial charge in [0, 0.05) is 12.1 Å². The van der Waals surface area contributed by atoms with E-state index < -0.39 is 11.6 Å². The molecule has 0 aliphatic carbocycles. The molecule has 1 aromatic heterocycles. The van der Waals surface area contributed by atoms with Gasteiger partial charge in [0.2, 0.25) is 0 Å². The zero-order chi connectivity index (χ0) is 12.4. The van der Waals surface area contributed by atoms with E-state index in [1.165, 1.54) is 6.07 Å². The molecule has 17 heavy (non-hydrogen) atoms. The molecule has 2 rings (SSSR count). The Labute approximate surface area is 97.3 Å². The third-order valence-corrected chi connectivity index (χ3v) is 2.32. The molecule has 0 saturated heterocycles. The Balaban J connectivity index is 2.52. The zero-order valence-electron chi connectivity index (χ0n) is 9.24. The molecule has 0 radical (unpaired) electrons. The Kier molecular flexibility index (Phi) is 3.10. The van der Waals surface area contributed by atoms with Crippen molar-refractivity contribution in [1.29, 1.82) is 0 Å². The van der Waals surface area contributed by atoms with Crippen molar-refractivity contribution < 1.29 is 8.78 Å². The summed E-state index contributed by atoms with van der Waals surface area (Å²) in [5.74, 6) is -1.22. The minimum atomic E-state index is -0.895. The summed E-state index contributed by atoms with van der Waals surface area (Å²) in [5, 5.41) is 0. The predicted molar refractivity (Wildman–Crippen MR) is 60.0 cm³/mol. The number of hydrogen-bond donors (Lipinski definition) is 1. The maximum Gasteiger partial charge on any atom is 0.159 e. The van der Waals surface area contributed by atoms with Crippen LogP contribution in [0.3, 0.4) is 0 Å². The average molecular weight is 235 g/mol. The van der Waals surface area contributed by atoms with E-state index in [1.807, 2.05) is 0 Å².